The average Bonchev–Trinajstić information content (AvgIpc) is 2.89. The molecule has 0 radical (unpaired) electrons. The van der Waals surface area contributed by atoms with Gasteiger partial charge < -0.3 is 10.2 Å². The number of nitrogens with zero attached hydrogens (tertiary/aromatic N) is 4. The van der Waals surface area contributed by atoms with Crippen LogP contribution in [-0.4, -0.2) is 46.8 Å². The molecule has 7 heteroatoms. The second-order valence-electron chi connectivity index (χ2n) is 8.94. The summed E-state index contributed by atoms with van der Waals surface area (Å²) in [5.74, 6) is -0.163. The molecule has 1 amide bonds. The molecule has 1 saturated heterocycles. The molecule has 35 heavy (non-hydrogen) atoms. The van der Waals surface area contributed by atoms with E-state index in [9.17, 15) is 9.59 Å². The fourth-order valence-electron chi connectivity index (χ4n) is 4.63. The molecule has 3 aromatic carbocycles. The van der Waals surface area contributed by atoms with Crippen molar-refractivity contribution in [3.63, 3.8) is 0 Å². The molecule has 0 atom stereocenters. The van der Waals surface area contributed by atoms with Crippen LogP contribution >= 0.6 is 0 Å². The largest absolute Gasteiger partial charge is 0.369 e. The van der Waals surface area contributed by atoms with Gasteiger partial charge in [-0.05, 0) is 35.9 Å². The summed E-state index contributed by atoms with van der Waals surface area (Å²) in [7, 11) is 1.61. The smallest absolute Gasteiger partial charge is 0.274 e. The second kappa shape index (κ2) is 10.1. The topological polar surface area (TPSA) is 70.5 Å². The van der Waals surface area contributed by atoms with Gasteiger partial charge >= 0.3 is 0 Å². The second-order valence-corrected chi connectivity index (χ2v) is 8.94. The van der Waals surface area contributed by atoms with Crippen LogP contribution in [0.1, 0.15) is 11.3 Å². The number of rotatable bonds is 6. The monoisotopic (exact) mass is 467 g/mol. The third-order valence-electron chi connectivity index (χ3n) is 6.50. The Kier molecular flexibility index (Phi) is 6.59. The summed E-state index contributed by atoms with van der Waals surface area (Å²) in [6, 6.07) is 25.9. The maximum atomic E-state index is 12.7. The third-order valence-corrected chi connectivity index (χ3v) is 6.50. The number of hydrogen-bond donors (Lipinski definition) is 1. The fraction of sp³-hybridized carbons (Fsp3) is 0.250. The van der Waals surface area contributed by atoms with Crippen LogP contribution in [0.3, 0.4) is 0 Å². The number of aromatic nitrogens is 2. The zero-order valence-electron chi connectivity index (χ0n) is 19.9. The summed E-state index contributed by atoms with van der Waals surface area (Å²) in [5.41, 5.74) is 3.68. The van der Waals surface area contributed by atoms with Gasteiger partial charge in [0.25, 0.3) is 5.56 Å². The first-order chi connectivity index (χ1) is 17.1. The predicted molar refractivity (Wildman–Crippen MR) is 140 cm³/mol. The average molecular weight is 468 g/mol. The van der Waals surface area contributed by atoms with Gasteiger partial charge in [0.2, 0.25) is 5.91 Å². The minimum absolute atomic E-state index is 0.0970. The molecule has 0 bridgehead atoms. The van der Waals surface area contributed by atoms with Crippen molar-refractivity contribution in [2.75, 3.05) is 36.4 Å². The Morgan fingerprint density at radius 3 is 2.23 bits per heavy atom. The van der Waals surface area contributed by atoms with Crippen LogP contribution in [0.5, 0.6) is 0 Å². The number of anilines is 2. The van der Waals surface area contributed by atoms with Crippen LogP contribution in [0, 0.1) is 0 Å². The molecule has 5 rings (SSSR count). The molecule has 178 valence electrons. The summed E-state index contributed by atoms with van der Waals surface area (Å²) in [5, 5.41) is 8.57. The standard InChI is InChI=1S/C28H29N5O2/c1-31-28(35)25-10-6-5-9-24(25)26(30-31)19-27(34)29-22-11-13-23(14-12-22)33-17-15-32(16-18-33)20-21-7-3-2-4-8-21/h2-14H,15-20H2,1H3,(H,29,34). The molecule has 1 fully saturated rings. The van der Waals surface area contributed by atoms with E-state index in [0.717, 1.165) is 44.1 Å². The van der Waals surface area contributed by atoms with Crippen LogP contribution in [0.4, 0.5) is 11.4 Å². The summed E-state index contributed by atoms with van der Waals surface area (Å²) in [6.07, 6.45) is 0.0970. The Bertz CT molecular complexity index is 1370. The molecule has 4 aromatic rings. The highest BCUT2D eigenvalue weighted by Crippen LogP contribution is 2.21. The Balaban J connectivity index is 1.18. The van der Waals surface area contributed by atoms with Gasteiger partial charge in [-0.3, -0.25) is 14.5 Å². The Hall–Kier alpha value is -3.97. The van der Waals surface area contributed by atoms with Crippen molar-refractivity contribution in [1.82, 2.24) is 14.7 Å². The van der Waals surface area contributed by atoms with Gasteiger partial charge in [-0.15, -0.1) is 0 Å². The lowest BCUT2D eigenvalue weighted by Gasteiger charge is -2.36. The number of fused-ring (bicyclic) bond motifs is 1. The molecule has 0 aliphatic carbocycles. The normalized spacial score (nSPS) is 14.3. The summed E-state index contributed by atoms with van der Waals surface area (Å²) in [6.45, 7) is 4.98. The van der Waals surface area contributed by atoms with E-state index in [1.165, 1.54) is 10.2 Å². The number of amides is 1. The molecular weight excluding hydrogens is 438 g/mol. The quantitative estimate of drug-likeness (QED) is 0.471. The van der Waals surface area contributed by atoms with Gasteiger partial charge in [-0.25, -0.2) is 4.68 Å². The van der Waals surface area contributed by atoms with Crippen LogP contribution in [0.2, 0.25) is 0 Å². The Morgan fingerprint density at radius 2 is 1.51 bits per heavy atom. The Labute approximate surface area is 204 Å². The summed E-state index contributed by atoms with van der Waals surface area (Å²) >= 11 is 0. The van der Waals surface area contributed by atoms with Crippen LogP contribution in [-0.2, 0) is 24.8 Å². The van der Waals surface area contributed by atoms with Crippen molar-refractivity contribution in [2.24, 2.45) is 7.05 Å². The zero-order chi connectivity index (χ0) is 24.2. The summed E-state index contributed by atoms with van der Waals surface area (Å²) in [4.78, 5) is 29.9. The summed E-state index contributed by atoms with van der Waals surface area (Å²) < 4.78 is 1.29. The number of carbonyl (C=O) groups excluding carboxylic acids is 1. The Morgan fingerprint density at radius 1 is 0.857 bits per heavy atom. The van der Waals surface area contributed by atoms with Crippen molar-refractivity contribution in [3.8, 4) is 0 Å². The van der Waals surface area contributed by atoms with Gasteiger partial charge in [-0.1, -0.05) is 48.5 Å². The molecule has 7 nitrogen and oxygen atoms in total. The molecule has 1 aliphatic heterocycles. The number of benzene rings is 3. The highest BCUT2D eigenvalue weighted by atomic mass is 16.1. The number of carbonyl (C=O) groups is 1. The van der Waals surface area contributed by atoms with Crippen molar-refractivity contribution >= 4 is 28.1 Å². The first-order valence-electron chi connectivity index (χ1n) is 11.9. The lowest BCUT2D eigenvalue weighted by atomic mass is 10.1. The van der Waals surface area contributed by atoms with Crippen molar-refractivity contribution in [2.45, 2.75) is 13.0 Å². The number of hydrogen-bond acceptors (Lipinski definition) is 5. The number of nitrogens with one attached hydrogen (secondary N) is 1. The van der Waals surface area contributed by atoms with E-state index in [1.807, 2.05) is 30.3 Å². The van der Waals surface area contributed by atoms with Gasteiger partial charge in [0.1, 0.15) is 0 Å². The minimum Gasteiger partial charge on any atom is -0.369 e. The number of aryl methyl sites for hydroxylation is 1. The lowest BCUT2D eigenvalue weighted by molar-refractivity contribution is -0.115. The van der Waals surface area contributed by atoms with Crippen molar-refractivity contribution in [3.05, 3.63) is 100 Å². The maximum absolute atomic E-state index is 12.7. The van der Waals surface area contributed by atoms with Gasteiger partial charge in [0.05, 0.1) is 17.5 Å². The van der Waals surface area contributed by atoms with Gasteiger partial charge in [-0.2, -0.15) is 5.10 Å². The van der Waals surface area contributed by atoms with Crippen LogP contribution in [0.25, 0.3) is 10.8 Å². The molecule has 0 spiro atoms. The predicted octanol–water partition coefficient (Wildman–Crippen LogP) is 3.44. The van der Waals surface area contributed by atoms with E-state index < -0.39 is 0 Å². The lowest BCUT2D eigenvalue weighted by Crippen LogP contribution is -2.45. The van der Waals surface area contributed by atoms with E-state index in [2.05, 4.69) is 62.7 Å². The first-order valence-corrected chi connectivity index (χ1v) is 11.9. The van der Waals surface area contributed by atoms with E-state index >= 15 is 0 Å². The highest BCUT2D eigenvalue weighted by Gasteiger charge is 2.18. The fourth-order valence-corrected chi connectivity index (χ4v) is 4.63. The van der Waals surface area contributed by atoms with E-state index in [0.29, 0.717) is 16.5 Å². The van der Waals surface area contributed by atoms with E-state index in [-0.39, 0.29) is 17.9 Å². The molecule has 0 unspecified atom stereocenters. The van der Waals surface area contributed by atoms with Crippen LogP contribution in [0.15, 0.2) is 83.7 Å². The van der Waals surface area contributed by atoms with E-state index in [1.54, 1.807) is 13.1 Å². The molecule has 0 saturated carbocycles. The highest BCUT2D eigenvalue weighted by molar-refractivity contribution is 5.95. The van der Waals surface area contributed by atoms with Gasteiger partial charge in [0.15, 0.2) is 0 Å². The third kappa shape index (κ3) is 5.25. The SMILES string of the molecule is Cn1nc(CC(=O)Nc2ccc(N3CCN(Cc4ccccc4)CC3)cc2)c2ccccc2c1=O. The molecule has 2 heterocycles. The first kappa shape index (κ1) is 22.8. The van der Waals surface area contributed by atoms with Crippen LogP contribution < -0.4 is 15.8 Å². The van der Waals surface area contributed by atoms with Crippen molar-refractivity contribution < 1.29 is 4.79 Å². The van der Waals surface area contributed by atoms with Gasteiger partial charge in [0, 0.05) is 56.5 Å². The maximum Gasteiger partial charge on any atom is 0.274 e. The minimum atomic E-state index is -0.166. The molecule has 1 aliphatic rings. The van der Waals surface area contributed by atoms with Crippen molar-refractivity contribution in [1.29, 1.82) is 0 Å². The molecule has 1 N–H and O–H groups in total. The molecule has 1 aromatic heterocycles. The zero-order valence-corrected chi connectivity index (χ0v) is 19.9. The molecular formula is C28H29N5O2. The van der Waals surface area contributed by atoms with E-state index in [4.69, 9.17) is 0 Å². The number of piperazine rings is 1.